The van der Waals surface area contributed by atoms with Crippen molar-refractivity contribution in [3.8, 4) is 0 Å². The van der Waals surface area contributed by atoms with Crippen molar-refractivity contribution in [2.75, 3.05) is 0 Å². The van der Waals surface area contributed by atoms with Crippen molar-refractivity contribution in [2.24, 2.45) is 0 Å². The quantitative estimate of drug-likeness (QED) is 0.716. The summed E-state index contributed by atoms with van der Waals surface area (Å²) in [5.41, 5.74) is 1.44. The fourth-order valence-corrected chi connectivity index (χ4v) is 2.78. The Morgan fingerprint density at radius 2 is 1.95 bits per heavy atom. The Morgan fingerprint density at radius 3 is 2.60 bits per heavy atom. The molecule has 6 heteroatoms. The van der Waals surface area contributed by atoms with Gasteiger partial charge in [-0.1, -0.05) is 12.1 Å². The molecule has 3 rings (SSSR count). The Balaban J connectivity index is 1.98. The maximum absolute atomic E-state index is 12.4. The number of hydrogen-bond donors (Lipinski definition) is 2. The average Bonchev–Trinajstić information content (AvgIpc) is 2.64. The minimum atomic E-state index is -0.907. The molecule has 0 aromatic heterocycles. The van der Waals surface area contributed by atoms with Gasteiger partial charge in [-0.25, -0.2) is 0 Å². The maximum atomic E-state index is 12.4. The van der Waals surface area contributed by atoms with E-state index >= 15 is 0 Å². The second-order valence-corrected chi connectivity index (χ2v) is 5.10. The predicted octanol–water partition coefficient (Wildman–Crippen LogP) is 0.188. The lowest BCUT2D eigenvalue weighted by atomic mass is 10.0. The summed E-state index contributed by atoms with van der Waals surface area (Å²) in [6.07, 6.45) is -0.309. The van der Waals surface area contributed by atoms with Crippen LogP contribution in [0.25, 0.3) is 0 Å². The Labute approximate surface area is 115 Å². The number of piperidine rings is 1. The van der Waals surface area contributed by atoms with E-state index in [1.807, 2.05) is 0 Å². The van der Waals surface area contributed by atoms with Crippen LogP contribution in [0.2, 0.25) is 0 Å². The highest BCUT2D eigenvalue weighted by atomic mass is 16.3. The Morgan fingerprint density at radius 1 is 1.20 bits per heavy atom. The van der Waals surface area contributed by atoms with E-state index in [0.29, 0.717) is 17.5 Å². The summed E-state index contributed by atoms with van der Waals surface area (Å²) in [6.45, 7) is 1.76. The molecule has 0 aliphatic carbocycles. The minimum Gasteiger partial charge on any atom is -0.374 e. The van der Waals surface area contributed by atoms with E-state index in [9.17, 15) is 19.5 Å². The number of carbonyl (C=O) groups is 3. The van der Waals surface area contributed by atoms with Crippen molar-refractivity contribution in [3.05, 3.63) is 34.9 Å². The molecule has 1 saturated heterocycles. The summed E-state index contributed by atoms with van der Waals surface area (Å²) in [5.74, 6) is -1.36. The summed E-state index contributed by atoms with van der Waals surface area (Å²) in [6, 6.07) is 4.23. The zero-order valence-electron chi connectivity index (χ0n) is 10.9. The highest BCUT2D eigenvalue weighted by Crippen LogP contribution is 2.29. The second-order valence-electron chi connectivity index (χ2n) is 5.10. The van der Waals surface area contributed by atoms with E-state index in [0.717, 1.165) is 10.5 Å². The first kappa shape index (κ1) is 12.8. The van der Waals surface area contributed by atoms with Gasteiger partial charge >= 0.3 is 0 Å². The van der Waals surface area contributed by atoms with Crippen LogP contribution in [-0.2, 0) is 4.79 Å². The van der Waals surface area contributed by atoms with E-state index in [2.05, 4.69) is 5.32 Å². The number of rotatable bonds is 1. The lowest BCUT2D eigenvalue weighted by Crippen LogP contribution is -2.55. The van der Waals surface area contributed by atoms with Gasteiger partial charge in [0.1, 0.15) is 12.3 Å². The van der Waals surface area contributed by atoms with Crippen molar-refractivity contribution < 1.29 is 19.5 Å². The van der Waals surface area contributed by atoms with Gasteiger partial charge in [-0.15, -0.1) is 0 Å². The van der Waals surface area contributed by atoms with Gasteiger partial charge in [0.25, 0.3) is 11.8 Å². The lowest BCUT2D eigenvalue weighted by molar-refractivity contribution is -0.131. The molecule has 2 N–H and O–H groups in total. The van der Waals surface area contributed by atoms with Crippen molar-refractivity contribution in [1.29, 1.82) is 0 Å². The number of aliphatic hydroxyl groups excluding tert-OH is 1. The van der Waals surface area contributed by atoms with Crippen LogP contribution in [0.5, 0.6) is 0 Å². The number of aryl methyl sites for hydroxylation is 1. The van der Waals surface area contributed by atoms with Crippen LogP contribution >= 0.6 is 0 Å². The number of fused-ring (bicyclic) bond motifs is 1. The molecule has 104 valence electrons. The summed E-state index contributed by atoms with van der Waals surface area (Å²) in [5, 5.41) is 11.7. The fraction of sp³-hybridized carbons (Fsp3) is 0.357. The smallest absolute Gasteiger partial charge is 0.262 e. The number of nitrogens with zero attached hydrogens (tertiary/aromatic N) is 1. The average molecular weight is 274 g/mol. The third-order valence-electron chi connectivity index (χ3n) is 3.79. The topological polar surface area (TPSA) is 86.7 Å². The molecule has 2 aliphatic rings. The third-order valence-corrected chi connectivity index (χ3v) is 3.79. The van der Waals surface area contributed by atoms with E-state index in [1.165, 1.54) is 0 Å². The number of carbonyl (C=O) groups excluding carboxylic acids is 3. The second kappa shape index (κ2) is 4.42. The molecule has 1 aromatic rings. The van der Waals surface area contributed by atoms with Crippen LogP contribution in [-0.4, -0.2) is 40.0 Å². The Hall–Kier alpha value is -2.21. The third kappa shape index (κ3) is 1.72. The molecular formula is C14H14N2O4. The molecule has 2 atom stereocenters. The van der Waals surface area contributed by atoms with Gasteiger partial charge in [0.05, 0.1) is 11.1 Å². The molecule has 0 bridgehead atoms. The molecule has 20 heavy (non-hydrogen) atoms. The largest absolute Gasteiger partial charge is 0.374 e. The van der Waals surface area contributed by atoms with Crippen LogP contribution < -0.4 is 5.32 Å². The number of hydrogen-bond acceptors (Lipinski definition) is 4. The molecule has 3 amide bonds. The van der Waals surface area contributed by atoms with Gasteiger partial charge in [0.15, 0.2) is 0 Å². The molecule has 1 fully saturated rings. The van der Waals surface area contributed by atoms with Gasteiger partial charge in [-0.05, 0) is 31.4 Å². The van der Waals surface area contributed by atoms with Crippen LogP contribution in [0.15, 0.2) is 18.2 Å². The van der Waals surface area contributed by atoms with Crippen molar-refractivity contribution >= 4 is 17.7 Å². The van der Waals surface area contributed by atoms with Crippen molar-refractivity contribution in [2.45, 2.75) is 32.0 Å². The number of imide groups is 1. The summed E-state index contributed by atoms with van der Waals surface area (Å²) >= 11 is 0. The summed E-state index contributed by atoms with van der Waals surface area (Å²) in [4.78, 5) is 37.7. The molecule has 1 aromatic carbocycles. The summed E-state index contributed by atoms with van der Waals surface area (Å²) in [7, 11) is 0. The zero-order chi connectivity index (χ0) is 14.4. The molecule has 0 radical (unpaired) electrons. The Kier molecular flexibility index (Phi) is 2.83. The molecule has 2 heterocycles. The number of benzene rings is 1. The molecule has 2 aliphatic heterocycles. The zero-order valence-corrected chi connectivity index (χ0v) is 10.9. The number of aliphatic hydroxyl groups is 1. The van der Waals surface area contributed by atoms with Crippen LogP contribution in [0, 0.1) is 6.92 Å². The molecular weight excluding hydrogens is 260 g/mol. The monoisotopic (exact) mass is 274 g/mol. The maximum Gasteiger partial charge on any atom is 0.262 e. The SMILES string of the molecule is Cc1cccc2c1C(=O)N(C1CCC(O)NC1=O)C2=O. The first-order chi connectivity index (χ1) is 9.50. The van der Waals surface area contributed by atoms with Crippen molar-refractivity contribution in [1.82, 2.24) is 10.2 Å². The van der Waals surface area contributed by atoms with Gasteiger partial charge in [0.2, 0.25) is 5.91 Å². The van der Waals surface area contributed by atoms with E-state index in [4.69, 9.17) is 0 Å². The Bertz CT molecular complexity index is 626. The van der Waals surface area contributed by atoms with E-state index in [1.54, 1.807) is 25.1 Å². The molecule has 2 unspecified atom stereocenters. The predicted molar refractivity (Wildman–Crippen MR) is 68.9 cm³/mol. The van der Waals surface area contributed by atoms with Gasteiger partial charge in [-0.3, -0.25) is 19.3 Å². The standard InChI is InChI=1S/C14H14N2O4/c1-7-3-2-4-8-11(7)14(20)16(13(8)19)9-5-6-10(17)15-12(9)18/h2-4,9-10,17H,5-6H2,1H3,(H,15,18). The molecule has 0 spiro atoms. The van der Waals surface area contributed by atoms with Crippen LogP contribution in [0.3, 0.4) is 0 Å². The van der Waals surface area contributed by atoms with Gasteiger partial charge < -0.3 is 10.4 Å². The van der Waals surface area contributed by atoms with Gasteiger partial charge in [-0.2, -0.15) is 0 Å². The minimum absolute atomic E-state index is 0.275. The van der Waals surface area contributed by atoms with Gasteiger partial charge in [0, 0.05) is 0 Å². The lowest BCUT2D eigenvalue weighted by Gasteiger charge is -2.31. The first-order valence-corrected chi connectivity index (χ1v) is 6.46. The van der Waals surface area contributed by atoms with Crippen LogP contribution in [0.4, 0.5) is 0 Å². The highest BCUT2D eigenvalue weighted by molar-refractivity contribution is 6.23. The number of amides is 3. The van der Waals surface area contributed by atoms with E-state index in [-0.39, 0.29) is 6.42 Å². The normalized spacial score (nSPS) is 25.7. The highest BCUT2D eigenvalue weighted by Gasteiger charge is 2.44. The molecule has 0 saturated carbocycles. The number of nitrogens with one attached hydrogen (secondary N) is 1. The van der Waals surface area contributed by atoms with Crippen molar-refractivity contribution in [3.63, 3.8) is 0 Å². The first-order valence-electron chi connectivity index (χ1n) is 6.46. The summed E-state index contributed by atoms with van der Waals surface area (Å²) < 4.78 is 0. The van der Waals surface area contributed by atoms with Crippen LogP contribution in [0.1, 0.15) is 39.1 Å². The molecule has 6 nitrogen and oxygen atoms in total. The fourth-order valence-electron chi connectivity index (χ4n) is 2.78. The van der Waals surface area contributed by atoms with E-state index < -0.39 is 30.0 Å².